The summed E-state index contributed by atoms with van der Waals surface area (Å²) in [5.74, 6) is -1.10. The summed E-state index contributed by atoms with van der Waals surface area (Å²) in [7, 11) is 0. The Morgan fingerprint density at radius 3 is 2.38 bits per heavy atom. The quantitative estimate of drug-likeness (QED) is 0.766. The Labute approximate surface area is 141 Å². The largest absolute Gasteiger partial charge is 0.507 e. The number of rotatable bonds is 7. The molecule has 0 spiro atoms. The van der Waals surface area contributed by atoms with Crippen LogP contribution in [0.2, 0.25) is 0 Å². The van der Waals surface area contributed by atoms with Crippen LogP contribution in [0.25, 0.3) is 0 Å². The zero-order chi connectivity index (χ0) is 17.7. The van der Waals surface area contributed by atoms with Gasteiger partial charge in [-0.2, -0.15) is 0 Å². The molecule has 0 saturated carbocycles. The summed E-state index contributed by atoms with van der Waals surface area (Å²) in [5.41, 5.74) is 6.66. The van der Waals surface area contributed by atoms with Gasteiger partial charge in [-0.1, -0.05) is 30.3 Å². The molecule has 0 bridgehead atoms. The van der Waals surface area contributed by atoms with Crippen LogP contribution in [0, 0.1) is 0 Å². The highest BCUT2D eigenvalue weighted by molar-refractivity contribution is 6.02. The minimum atomic E-state index is -0.757. The van der Waals surface area contributed by atoms with Crippen molar-refractivity contribution < 1.29 is 14.7 Å². The van der Waals surface area contributed by atoms with Crippen LogP contribution in [0.3, 0.4) is 0 Å². The molecule has 0 aliphatic carbocycles. The molecule has 2 aromatic rings. The Balaban J connectivity index is 2.16. The molecular formula is C19H22N2O3. The van der Waals surface area contributed by atoms with Crippen LogP contribution in [0.15, 0.2) is 48.5 Å². The van der Waals surface area contributed by atoms with Crippen molar-refractivity contribution >= 4 is 11.7 Å². The van der Waals surface area contributed by atoms with E-state index < -0.39 is 5.91 Å². The van der Waals surface area contributed by atoms with Crippen LogP contribution in [-0.2, 0) is 6.54 Å². The maximum Gasteiger partial charge on any atom is 0.252 e. The van der Waals surface area contributed by atoms with Gasteiger partial charge in [0.25, 0.3) is 5.91 Å². The average molecular weight is 326 g/mol. The first-order valence-corrected chi connectivity index (χ1v) is 7.82. The van der Waals surface area contributed by atoms with Crippen LogP contribution in [0.5, 0.6) is 5.75 Å². The maximum atomic E-state index is 12.6. The smallest absolute Gasteiger partial charge is 0.252 e. The highest BCUT2D eigenvalue weighted by Crippen LogP contribution is 2.19. The van der Waals surface area contributed by atoms with Crippen molar-refractivity contribution in [2.24, 2.45) is 5.73 Å². The molecule has 5 nitrogen and oxygen atoms in total. The fourth-order valence-electron chi connectivity index (χ4n) is 2.42. The van der Waals surface area contributed by atoms with E-state index in [-0.39, 0.29) is 29.7 Å². The fourth-order valence-corrected chi connectivity index (χ4v) is 2.42. The molecular weight excluding hydrogens is 304 g/mol. The molecule has 1 amide bonds. The van der Waals surface area contributed by atoms with E-state index in [1.165, 1.54) is 18.2 Å². The molecule has 2 aromatic carbocycles. The molecule has 0 radical (unpaired) electrons. The number of primary amides is 1. The molecule has 0 aliphatic heterocycles. The monoisotopic (exact) mass is 326 g/mol. The molecule has 0 unspecified atom stereocenters. The van der Waals surface area contributed by atoms with Crippen LogP contribution < -0.4 is 5.73 Å². The molecule has 2 rings (SSSR count). The van der Waals surface area contributed by atoms with E-state index in [1.807, 2.05) is 44.2 Å². The van der Waals surface area contributed by atoms with Gasteiger partial charge in [-0.25, -0.2) is 0 Å². The third kappa shape index (κ3) is 4.43. The second-order valence-electron chi connectivity index (χ2n) is 6.00. The Morgan fingerprint density at radius 1 is 1.12 bits per heavy atom. The molecule has 24 heavy (non-hydrogen) atoms. The van der Waals surface area contributed by atoms with Gasteiger partial charge in [0, 0.05) is 18.2 Å². The van der Waals surface area contributed by atoms with Crippen molar-refractivity contribution in [1.29, 1.82) is 0 Å². The minimum absolute atomic E-state index is 0.0417. The number of carbonyl (C=O) groups excluding carboxylic acids is 2. The zero-order valence-corrected chi connectivity index (χ0v) is 13.9. The minimum Gasteiger partial charge on any atom is -0.507 e. The number of carbonyl (C=O) groups is 2. The molecule has 126 valence electrons. The summed E-state index contributed by atoms with van der Waals surface area (Å²) in [5, 5.41) is 9.63. The SMILES string of the molecule is CC(C)N(CC(=O)c1ccc(O)c(C(N)=O)c1)Cc1ccccc1. The first-order chi connectivity index (χ1) is 11.4. The summed E-state index contributed by atoms with van der Waals surface area (Å²) in [6.45, 7) is 4.93. The van der Waals surface area contributed by atoms with Gasteiger partial charge < -0.3 is 10.8 Å². The molecule has 0 aromatic heterocycles. The second kappa shape index (κ2) is 7.75. The normalized spacial score (nSPS) is 11.0. The van der Waals surface area contributed by atoms with E-state index in [1.54, 1.807) is 0 Å². The highest BCUT2D eigenvalue weighted by atomic mass is 16.3. The van der Waals surface area contributed by atoms with E-state index in [9.17, 15) is 14.7 Å². The number of ketones is 1. The number of phenols is 1. The highest BCUT2D eigenvalue weighted by Gasteiger charge is 2.18. The average Bonchev–Trinajstić information content (AvgIpc) is 2.55. The van der Waals surface area contributed by atoms with Gasteiger partial charge in [0.1, 0.15) is 5.75 Å². The Kier molecular flexibility index (Phi) is 5.71. The second-order valence-corrected chi connectivity index (χ2v) is 6.00. The van der Waals surface area contributed by atoms with Crippen molar-refractivity contribution in [3.63, 3.8) is 0 Å². The number of nitrogens with two attached hydrogens (primary N) is 1. The Hall–Kier alpha value is -2.66. The number of amides is 1. The first-order valence-electron chi connectivity index (χ1n) is 7.82. The number of aromatic hydroxyl groups is 1. The van der Waals surface area contributed by atoms with Crippen molar-refractivity contribution in [2.45, 2.75) is 26.4 Å². The lowest BCUT2D eigenvalue weighted by Gasteiger charge is -2.26. The molecule has 0 atom stereocenters. The van der Waals surface area contributed by atoms with E-state index in [0.29, 0.717) is 12.1 Å². The van der Waals surface area contributed by atoms with Gasteiger partial charge in [-0.05, 0) is 37.6 Å². The molecule has 0 heterocycles. The molecule has 3 N–H and O–H groups in total. The van der Waals surface area contributed by atoms with Crippen molar-refractivity contribution in [3.05, 3.63) is 65.2 Å². The van der Waals surface area contributed by atoms with Gasteiger partial charge in [0.05, 0.1) is 12.1 Å². The predicted molar refractivity (Wildman–Crippen MR) is 92.9 cm³/mol. The Bertz CT molecular complexity index is 727. The topological polar surface area (TPSA) is 83.6 Å². The zero-order valence-electron chi connectivity index (χ0n) is 13.9. The van der Waals surface area contributed by atoms with E-state index in [4.69, 9.17) is 5.73 Å². The fraction of sp³-hybridized carbons (Fsp3) is 0.263. The summed E-state index contributed by atoms with van der Waals surface area (Å²) in [6, 6.07) is 14.3. The lowest BCUT2D eigenvalue weighted by atomic mass is 10.0. The molecule has 0 aliphatic rings. The van der Waals surface area contributed by atoms with Gasteiger partial charge in [0.2, 0.25) is 0 Å². The van der Waals surface area contributed by atoms with Crippen molar-refractivity contribution in [1.82, 2.24) is 4.90 Å². The summed E-state index contributed by atoms with van der Waals surface area (Å²) < 4.78 is 0. The van der Waals surface area contributed by atoms with E-state index in [2.05, 4.69) is 4.90 Å². The van der Waals surface area contributed by atoms with Gasteiger partial charge in [0.15, 0.2) is 5.78 Å². The summed E-state index contributed by atoms with van der Waals surface area (Å²) in [4.78, 5) is 25.9. The number of nitrogens with zero attached hydrogens (tertiary/aromatic N) is 1. The predicted octanol–water partition coefficient (Wildman–Crippen LogP) is 2.58. The molecule has 0 fully saturated rings. The van der Waals surface area contributed by atoms with Crippen LogP contribution in [-0.4, -0.2) is 34.3 Å². The summed E-state index contributed by atoms with van der Waals surface area (Å²) in [6.07, 6.45) is 0. The molecule has 0 saturated heterocycles. The maximum absolute atomic E-state index is 12.6. The van der Waals surface area contributed by atoms with Crippen LogP contribution >= 0.6 is 0 Å². The standard InChI is InChI=1S/C19H22N2O3/c1-13(2)21(11-14-6-4-3-5-7-14)12-18(23)15-8-9-17(22)16(10-15)19(20)24/h3-10,13,22H,11-12H2,1-2H3,(H2,20,24). The van der Waals surface area contributed by atoms with E-state index in [0.717, 1.165) is 5.56 Å². The third-order valence-electron chi connectivity index (χ3n) is 3.89. The number of Topliss-reactive ketones (excluding diaryl/α,β-unsaturated/α-hetero) is 1. The van der Waals surface area contributed by atoms with Gasteiger partial charge >= 0.3 is 0 Å². The lowest BCUT2D eigenvalue weighted by Crippen LogP contribution is -2.35. The van der Waals surface area contributed by atoms with E-state index >= 15 is 0 Å². The van der Waals surface area contributed by atoms with Gasteiger partial charge in [-0.3, -0.25) is 14.5 Å². The lowest BCUT2D eigenvalue weighted by molar-refractivity contribution is 0.0898. The van der Waals surface area contributed by atoms with Crippen LogP contribution in [0.1, 0.15) is 40.1 Å². The Morgan fingerprint density at radius 2 is 1.79 bits per heavy atom. The third-order valence-corrected chi connectivity index (χ3v) is 3.89. The first kappa shape index (κ1) is 17.7. The van der Waals surface area contributed by atoms with Crippen molar-refractivity contribution in [3.8, 4) is 5.75 Å². The number of hydrogen-bond acceptors (Lipinski definition) is 4. The van der Waals surface area contributed by atoms with Crippen LogP contribution in [0.4, 0.5) is 0 Å². The number of hydrogen-bond donors (Lipinski definition) is 2. The van der Waals surface area contributed by atoms with Crippen molar-refractivity contribution in [2.75, 3.05) is 6.54 Å². The molecule has 5 heteroatoms. The summed E-state index contributed by atoms with van der Waals surface area (Å²) >= 11 is 0. The number of benzene rings is 2. The van der Waals surface area contributed by atoms with Gasteiger partial charge in [-0.15, -0.1) is 0 Å².